The van der Waals surface area contributed by atoms with E-state index >= 15 is 0 Å². The van der Waals surface area contributed by atoms with Gasteiger partial charge in [-0.2, -0.15) is 0 Å². The summed E-state index contributed by atoms with van der Waals surface area (Å²) in [6.45, 7) is 5.82. The normalized spacial score (nSPS) is 12.2. The number of amidine groups is 1. The molecular formula is C9H14N4. The van der Waals surface area contributed by atoms with Gasteiger partial charge in [0.25, 0.3) is 0 Å². The van der Waals surface area contributed by atoms with Crippen LogP contribution in [0, 0.1) is 12.8 Å². The molecule has 0 fully saturated rings. The Bertz CT molecular complexity index is 300. The van der Waals surface area contributed by atoms with Crippen LogP contribution < -0.4 is 5.73 Å². The number of aromatic nitrogens is 2. The fraction of sp³-hybridized carbons (Fsp3) is 0.444. The zero-order chi connectivity index (χ0) is 9.84. The molecule has 0 radical (unpaired) electrons. The van der Waals surface area contributed by atoms with Gasteiger partial charge >= 0.3 is 0 Å². The largest absolute Gasteiger partial charge is 0.387 e. The number of hydrogen-bond acceptors (Lipinski definition) is 3. The summed E-state index contributed by atoms with van der Waals surface area (Å²) in [6, 6.07) is 0. The average Bonchev–Trinajstić information content (AvgIpc) is 2.08. The van der Waals surface area contributed by atoms with Gasteiger partial charge in [0.05, 0.1) is 12.4 Å². The van der Waals surface area contributed by atoms with Gasteiger partial charge < -0.3 is 5.73 Å². The van der Waals surface area contributed by atoms with Gasteiger partial charge in [-0.3, -0.25) is 0 Å². The number of aryl methyl sites for hydroxylation is 1. The molecule has 4 nitrogen and oxygen atoms in total. The summed E-state index contributed by atoms with van der Waals surface area (Å²) < 4.78 is 0. The van der Waals surface area contributed by atoms with Crippen molar-refractivity contribution in [1.82, 2.24) is 9.97 Å². The smallest absolute Gasteiger partial charge is 0.125 e. The monoisotopic (exact) mass is 178 g/mol. The molecule has 0 spiro atoms. The summed E-state index contributed by atoms with van der Waals surface area (Å²) in [5, 5.41) is 0. The molecule has 2 N–H and O–H groups in total. The third kappa shape index (κ3) is 2.82. The Morgan fingerprint density at radius 3 is 2.38 bits per heavy atom. The highest BCUT2D eigenvalue weighted by Gasteiger charge is 1.99. The van der Waals surface area contributed by atoms with Gasteiger partial charge in [0.1, 0.15) is 17.3 Å². The Labute approximate surface area is 77.9 Å². The lowest BCUT2D eigenvalue weighted by Crippen LogP contribution is -2.18. The first kappa shape index (κ1) is 9.64. The molecule has 0 aliphatic heterocycles. The van der Waals surface area contributed by atoms with Crippen LogP contribution >= 0.6 is 0 Å². The number of nitrogens with zero attached hydrogens (tertiary/aromatic N) is 3. The van der Waals surface area contributed by atoms with Crippen LogP contribution in [0.1, 0.15) is 19.7 Å². The minimum atomic E-state index is 0.251. The van der Waals surface area contributed by atoms with Gasteiger partial charge in [-0.05, 0) is 6.92 Å². The first-order chi connectivity index (χ1) is 6.09. The fourth-order valence-corrected chi connectivity index (χ4v) is 0.722. The molecule has 0 aliphatic rings. The van der Waals surface area contributed by atoms with Crippen LogP contribution in [-0.2, 0) is 0 Å². The third-order valence-corrected chi connectivity index (χ3v) is 1.62. The summed E-state index contributed by atoms with van der Waals surface area (Å²) in [5.74, 6) is 1.59. The van der Waals surface area contributed by atoms with Crippen molar-refractivity contribution in [3.8, 4) is 0 Å². The summed E-state index contributed by atoms with van der Waals surface area (Å²) in [7, 11) is 0. The van der Waals surface area contributed by atoms with E-state index in [-0.39, 0.29) is 5.92 Å². The van der Waals surface area contributed by atoms with Crippen LogP contribution in [0.3, 0.4) is 0 Å². The lowest BCUT2D eigenvalue weighted by Gasteiger charge is -2.02. The molecule has 0 amide bonds. The van der Waals surface area contributed by atoms with Crippen LogP contribution in [-0.4, -0.2) is 15.8 Å². The van der Waals surface area contributed by atoms with E-state index in [1.54, 1.807) is 12.4 Å². The standard InChI is InChI=1S/C9H14N4/c1-6(2)9(10)13-8-4-11-7(3)12-5-8/h4-6H,1-3H3,(H2,10,13). The van der Waals surface area contributed by atoms with Crippen molar-refractivity contribution in [2.75, 3.05) is 0 Å². The Kier molecular flexibility index (Phi) is 2.95. The number of hydrogen-bond donors (Lipinski definition) is 1. The number of rotatable bonds is 2. The molecular weight excluding hydrogens is 164 g/mol. The maximum atomic E-state index is 5.68. The second-order valence-corrected chi connectivity index (χ2v) is 3.18. The van der Waals surface area contributed by atoms with E-state index in [0.717, 1.165) is 5.82 Å². The van der Waals surface area contributed by atoms with Gasteiger partial charge in [0.15, 0.2) is 0 Å². The zero-order valence-electron chi connectivity index (χ0n) is 8.15. The second kappa shape index (κ2) is 3.98. The first-order valence-corrected chi connectivity index (χ1v) is 4.22. The van der Waals surface area contributed by atoms with E-state index in [1.807, 2.05) is 20.8 Å². The highest BCUT2D eigenvalue weighted by atomic mass is 14.9. The Morgan fingerprint density at radius 1 is 1.38 bits per heavy atom. The van der Waals surface area contributed by atoms with Crippen LogP contribution in [0.15, 0.2) is 17.4 Å². The van der Waals surface area contributed by atoms with E-state index in [0.29, 0.717) is 11.5 Å². The van der Waals surface area contributed by atoms with Crippen molar-refractivity contribution >= 4 is 11.5 Å². The van der Waals surface area contributed by atoms with E-state index in [1.165, 1.54) is 0 Å². The van der Waals surface area contributed by atoms with Crippen molar-refractivity contribution in [3.63, 3.8) is 0 Å². The van der Waals surface area contributed by atoms with Crippen molar-refractivity contribution in [2.45, 2.75) is 20.8 Å². The predicted molar refractivity (Wildman–Crippen MR) is 52.9 cm³/mol. The highest BCUT2D eigenvalue weighted by Crippen LogP contribution is 2.08. The van der Waals surface area contributed by atoms with Gasteiger partial charge in [-0.25, -0.2) is 15.0 Å². The molecule has 1 rings (SSSR count). The molecule has 1 aromatic rings. The molecule has 13 heavy (non-hydrogen) atoms. The van der Waals surface area contributed by atoms with Crippen molar-refractivity contribution in [3.05, 3.63) is 18.2 Å². The van der Waals surface area contributed by atoms with E-state index < -0.39 is 0 Å². The van der Waals surface area contributed by atoms with Crippen molar-refractivity contribution < 1.29 is 0 Å². The van der Waals surface area contributed by atoms with Gasteiger partial charge in [0, 0.05) is 5.92 Å². The second-order valence-electron chi connectivity index (χ2n) is 3.18. The molecule has 0 bridgehead atoms. The molecule has 0 saturated carbocycles. The predicted octanol–water partition coefficient (Wildman–Crippen LogP) is 1.43. The molecule has 0 aromatic carbocycles. The molecule has 70 valence electrons. The minimum Gasteiger partial charge on any atom is -0.387 e. The van der Waals surface area contributed by atoms with Gasteiger partial charge in [0.2, 0.25) is 0 Å². The summed E-state index contributed by atoms with van der Waals surface area (Å²) in [5.41, 5.74) is 6.39. The van der Waals surface area contributed by atoms with E-state index in [9.17, 15) is 0 Å². The van der Waals surface area contributed by atoms with Crippen LogP contribution in [0.2, 0.25) is 0 Å². The Hall–Kier alpha value is -1.45. The zero-order valence-corrected chi connectivity index (χ0v) is 8.15. The maximum absolute atomic E-state index is 5.68. The first-order valence-electron chi connectivity index (χ1n) is 4.22. The van der Waals surface area contributed by atoms with Gasteiger partial charge in [-0.1, -0.05) is 13.8 Å². The Balaban J connectivity index is 2.85. The van der Waals surface area contributed by atoms with Crippen LogP contribution in [0.5, 0.6) is 0 Å². The maximum Gasteiger partial charge on any atom is 0.125 e. The summed E-state index contributed by atoms with van der Waals surface area (Å²) >= 11 is 0. The molecule has 0 unspecified atom stereocenters. The van der Waals surface area contributed by atoms with Crippen molar-refractivity contribution in [2.24, 2.45) is 16.6 Å². The molecule has 0 saturated heterocycles. The van der Waals surface area contributed by atoms with Gasteiger partial charge in [-0.15, -0.1) is 0 Å². The average molecular weight is 178 g/mol. The van der Waals surface area contributed by atoms with E-state index in [2.05, 4.69) is 15.0 Å². The van der Waals surface area contributed by atoms with Crippen LogP contribution in [0.25, 0.3) is 0 Å². The third-order valence-electron chi connectivity index (χ3n) is 1.62. The molecule has 1 heterocycles. The molecule has 1 aromatic heterocycles. The lowest BCUT2D eigenvalue weighted by atomic mass is 10.2. The quantitative estimate of drug-likeness (QED) is 0.550. The van der Waals surface area contributed by atoms with E-state index in [4.69, 9.17) is 5.73 Å². The SMILES string of the molecule is Cc1ncc(N=C(N)C(C)C)cn1. The fourth-order valence-electron chi connectivity index (χ4n) is 0.722. The Morgan fingerprint density at radius 2 is 1.92 bits per heavy atom. The topological polar surface area (TPSA) is 64.2 Å². The lowest BCUT2D eigenvalue weighted by molar-refractivity contribution is 0.872. The summed E-state index contributed by atoms with van der Waals surface area (Å²) in [4.78, 5) is 12.2. The number of aliphatic imine (C=N–C) groups is 1. The molecule has 4 heteroatoms. The molecule has 0 atom stereocenters. The molecule has 0 aliphatic carbocycles. The van der Waals surface area contributed by atoms with Crippen molar-refractivity contribution in [1.29, 1.82) is 0 Å². The highest BCUT2D eigenvalue weighted by molar-refractivity contribution is 5.84. The minimum absolute atomic E-state index is 0.251. The van der Waals surface area contributed by atoms with Crippen LogP contribution in [0.4, 0.5) is 5.69 Å². The summed E-state index contributed by atoms with van der Waals surface area (Å²) in [6.07, 6.45) is 3.33. The number of nitrogens with two attached hydrogens (primary N) is 1.